The fourth-order valence-corrected chi connectivity index (χ4v) is 2.56. The van der Waals surface area contributed by atoms with Crippen LogP contribution in [-0.4, -0.2) is 13.6 Å². The van der Waals surface area contributed by atoms with Crippen molar-refractivity contribution in [3.05, 3.63) is 75.9 Å². The molecule has 0 atom stereocenters. The smallest absolute Gasteiger partial charge is 0.336 e. The van der Waals surface area contributed by atoms with Gasteiger partial charge in [-0.3, -0.25) is 0 Å². The zero-order valence-corrected chi connectivity index (χ0v) is 13.3. The topological polar surface area (TPSA) is 51.5 Å². The van der Waals surface area contributed by atoms with Gasteiger partial charge in [-0.1, -0.05) is 12.1 Å². The predicted octanol–water partition coefficient (Wildman–Crippen LogP) is 3.27. The summed E-state index contributed by atoms with van der Waals surface area (Å²) >= 11 is 0. The Balaban J connectivity index is 1.84. The summed E-state index contributed by atoms with van der Waals surface area (Å²) < 4.78 is 24.1. The second kappa shape index (κ2) is 7.27. The van der Waals surface area contributed by atoms with Crippen molar-refractivity contribution in [1.29, 1.82) is 0 Å². The first kappa shape index (κ1) is 16.2. The minimum Gasteiger partial charge on any atom is -0.489 e. The average Bonchev–Trinajstić information content (AvgIpc) is 2.57. The lowest BCUT2D eigenvalue weighted by atomic mass is 10.1. The van der Waals surface area contributed by atoms with E-state index < -0.39 is 0 Å². The molecule has 5 heteroatoms. The Morgan fingerprint density at radius 1 is 1.17 bits per heavy atom. The van der Waals surface area contributed by atoms with Crippen LogP contribution in [0.3, 0.4) is 0 Å². The molecule has 0 bridgehead atoms. The zero-order valence-electron chi connectivity index (χ0n) is 13.3. The maximum absolute atomic E-state index is 13.2. The maximum atomic E-state index is 13.2. The van der Waals surface area contributed by atoms with E-state index in [1.165, 1.54) is 18.2 Å². The van der Waals surface area contributed by atoms with E-state index in [2.05, 4.69) is 5.32 Å². The standard InChI is InChI=1S/C19H18FNO3/c1-21-8-7-14-10-19(22)24-18-11-16(5-6-17(14)18)23-12-13-3-2-4-15(20)9-13/h2-6,9-11,21H,7-8,12H2,1H3. The molecule has 0 fully saturated rings. The number of hydrogen-bond acceptors (Lipinski definition) is 4. The highest BCUT2D eigenvalue weighted by atomic mass is 19.1. The van der Waals surface area contributed by atoms with E-state index in [1.807, 2.05) is 19.2 Å². The molecule has 1 N–H and O–H groups in total. The predicted molar refractivity (Wildman–Crippen MR) is 90.8 cm³/mol. The summed E-state index contributed by atoms with van der Waals surface area (Å²) in [5, 5.41) is 3.96. The first-order chi connectivity index (χ1) is 11.7. The minimum atomic E-state index is -0.379. The van der Waals surface area contributed by atoms with E-state index >= 15 is 0 Å². The molecule has 0 aliphatic heterocycles. The van der Waals surface area contributed by atoms with Crippen molar-refractivity contribution in [2.45, 2.75) is 13.0 Å². The van der Waals surface area contributed by atoms with Gasteiger partial charge in [0.15, 0.2) is 0 Å². The molecule has 0 spiro atoms. The van der Waals surface area contributed by atoms with Gasteiger partial charge in [-0.2, -0.15) is 0 Å². The van der Waals surface area contributed by atoms with Gasteiger partial charge in [0.25, 0.3) is 0 Å². The number of benzene rings is 2. The van der Waals surface area contributed by atoms with Gasteiger partial charge in [-0.25, -0.2) is 9.18 Å². The molecule has 3 aromatic rings. The Labute approximate surface area is 138 Å². The van der Waals surface area contributed by atoms with Gasteiger partial charge in [0.1, 0.15) is 23.8 Å². The number of likely N-dealkylation sites (N-methyl/N-ethyl adjacent to an activating group) is 1. The molecule has 4 nitrogen and oxygen atoms in total. The minimum absolute atomic E-state index is 0.243. The van der Waals surface area contributed by atoms with Crippen molar-refractivity contribution in [3.63, 3.8) is 0 Å². The molecule has 1 aromatic heterocycles. The van der Waals surface area contributed by atoms with Gasteiger partial charge in [0.05, 0.1) is 0 Å². The molecule has 0 radical (unpaired) electrons. The molecule has 24 heavy (non-hydrogen) atoms. The number of ether oxygens (including phenoxy) is 1. The molecule has 0 saturated carbocycles. The van der Waals surface area contributed by atoms with E-state index in [0.717, 1.165) is 29.5 Å². The van der Waals surface area contributed by atoms with Crippen LogP contribution in [0.25, 0.3) is 11.0 Å². The molecular formula is C19H18FNO3. The van der Waals surface area contributed by atoms with Gasteiger partial charge < -0.3 is 14.5 Å². The highest BCUT2D eigenvalue weighted by Crippen LogP contribution is 2.23. The van der Waals surface area contributed by atoms with E-state index in [9.17, 15) is 9.18 Å². The third kappa shape index (κ3) is 3.81. The highest BCUT2D eigenvalue weighted by Gasteiger charge is 2.07. The zero-order chi connectivity index (χ0) is 16.9. The van der Waals surface area contributed by atoms with E-state index in [1.54, 1.807) is 18.2 Å². The summed E-state index contributed by atoms with van der Waals surface area (Å²) in [6.07, 6.45) is 0.738. The molecule has 0 aliphatic rings. The van der Waals surface area contributed by atoms with Crippen molar-refractivity contribution in [3.8, 4) is 5.75 Å². The number of halogens is 1. The van der Waals surface area contributed by atoms with Crippen LogP contribution >= 0.6 is 0 Å². The second-order valence-electron chi connectivity index (χ2n) is 5.52. The average molecular weight is 327 g/mol. The van der Waals surface area contributed by atoms with Gasteiger partial charge in [-0.05, 0) is 55.4 Å². The first-order valence-corrected chi connectivity index (χ1v) is 7.74. The Morgan fingerprint density at radius 2 is 2.04 bits per heavy atom. The van der Waals surface area contributed by atoms with Crippen LogP contribution < -0.4 is 15.7 Å². The summed E-state index contributed by atoms with van der Waals surface area (Å²) in [6, 6.07) is 13.2. The van der Waals surface area contributed by atoms with Crippen LogP contribution in [0.2, 0.25) is 0 Å². The lowest BCUT2D eigenvalue weighted by Crippen LogP contribution is -2.12. The Kier molecular flexibility index (Phi) is 4.91. The van der Waals surface area contributed by atoms with E-state index in [0.29, 0.717) is 11.3 Å². The number of fused-ring (bicyclic) bond motifs is 1. The van der Waals surface area contributed by atoms with Crippen LogP contribution in [0.5, 0.6) is 5.75 Å². The van der Waals surface area contributed by atoms with Gasteiger partial charge in [0.2, 0.25) is 0 Å². The normalized spacial score (nSPS) is 10.9. The fourth-order valence-electron chi connectivity index (χ4n) is 2.56. The number of hydrogen-bond donors (Lipinski definition) is 1. The third-order valence-electron chi connectivity index (χ3n) is 3.74. The van der Waals surface area contributed by atoms with Crippen LogP contribution in [0.1, 0.15) is 11.1 Å². The second-order valence-corrected chi connectivity index (χ2v) is 5.52. The Bertz CT molecular complexity index is 904. The lowest BCUT2D eigenvalue weighted by molar-refractivity contribution is 0.305. The monoisotopic (exact) mass is 327 g/mol. The number of nitrogens with one attached hydrogen (secondary N) is 1. The lowest BCUT2D eigenvalue weighted by Gasteiger charge is -2.09. The van der Waals surface area contributed by atoms with Crippen LogP contribution in [-0.2, 0) is 13.0 Å². The molecule has 0 aliphatic carbocycles. The fraction of sp³-hybridized carbons (Fsp3) is 0.211. The molecule has 2 aromatic carbocycles. The summed E-state index contributed by atoms with van der Waals surface area (Å²) in [6.45, 7) is 1.02. The van der Waals surface area contributed by atoms with Gasteiger partial charge in [0, 0.05) is 17.5 Å². The molecule has 0 saturated heterocycles. The van der Waals surface area contributed by atoms with E-state index in [4.69, 9.17) is 9.15 Å². The van der Waals surface area contributed by atoms with Crippen LogP contribution in [0.4, 0.5) is 4.39 Å². The molecule has 0 unspecified atom stereocenters. The third-order valence-corrected chi connectivity index (χ3v) is 3.74. The van der Waals surface area contributed by atoms with Gasteiger partial charge in [-0.15, -0.1) is 0 Å². The molecule has 1 heterocycles. The van der Waals surface area contributed by atoms with Crippen molar-refractivity contribution < 1.29 is 13.5 Å². The number of rotatable bonds is 6. The van der Waals surface area contributed by atoms with Crippen molar-refractivity contribution >= 4 is 11.0 Å². The van der Waals surface area contributed by atoms with Crippen LogP contribution in [0, 0.1) is 5.82 Å². The van der Waals surface area contributed by atoms with Crippen molar-refractivity contribution in [1.82, 2.24) is 5.32 Å². The summed E-state index contributed by atoms with van der Waals surface area (Å²) in [7, 11) is 1.87. The highest BCUT2D eigenvalue weighted by molar-refractivity contribution is 5.81. The molecule has 124 valence electrons. The van der Waals surface area contributed by atoms with Crippen molar-refractivity contribution in [2.24, 2.45) is 0 Å². The Morgan fingerprint density at radius 3 is 2.83 bits per heavy atom. The van der Waals surface area contributed by atoms with Crippen LogP contribution in [0.15, 0.2) is 57.7 Å². The van der Waals surface area contributed by atoms with Crippen molar-refractivity contribution in [2.75, 3.05) is 13.6 Å². The molecular weight excluding hydrogens is 309 g/mol. The molecule has 0 amide bonds. The first-order valence-electron chi connectivity index (χ1n) is 7.74. The maximum Gasteiger partial charge on any atom is 0.336 e. The molecule has 3 rings (SSSR count). The van der Waals surface area contributed by atoms with E-state index in [-0.39, 0.29) is 18.0 Å². The summed E-state index contributed by atoms with van der Waals surface area (Å²) in [4.78, 5) is 11.7. The summed E-state index contributed by atoms with van der Waals surface area (Å²) in [5.41, 5.74) is 1.79. The Hall–Kier alpha value is -2.66. The SMILES string of the molecule is CNCCc1cc(=O)oc2cc(OCc3cccc(F)c3)ccc12. The summed E-state index contributed by atoms with van der Waals surface area (Å²) in [5.74, 6) is 0.274. The van der Waals surface area contributed by atoms with Gasteiger partial charge >= 0.3 is 5.63 Å². The quantitative estimate of drug-likeness (QED) is 0.706. The largest absolute Gasteiger partial charge is 0.489 e.